The van der Waals surface area contributed by atoms with Gasteiger partial charge >= 0.3 is 0 Å². The molecule has 0 saturated carbocycles. The summed E-state index contributed by atoms with van der Waals surface area (Å²) >= 11 is 0. The van der Waals surface area contributed by atoms with Crippen molar-refractivity contribution in [3.8, 4) is 5.75 Å². The van der Waals surface area contributed by atoms with E-state index in [0.29, 0.717) is 12.4 Å². The Kier molecular flexibility index (Phi) is 8.24. The van der Waals surface area contributed by atoms with Gasteiger partial charge in [0.25, 0.3) is 0 Å². The lowest BCUT2D eigenvalue weighted by Crippen LogP contribution is -2.17. The molecule has 0 spiro atoms. The van der Waals surface area contributed by atoms with Crippen LogP contribution >= 0.6 is 0 Å². The molecule has 4 nitrogen and oxygen atoms in total. The Bertz CT molecular complexity index is 587. The van der Waals surface area contributed by atoms with Crippen LogP contribution < -0.4 is 4.74 Å². The minimum absolute atomic E-state index is 0.199. The molecule has 0 radical (unpaired) electrons. The lowest BCUT2D eigenvalue weighted by Gasteiger charge is -2.12. The molecule has 1 heterocycles. The Hall–Kier alpha value is -1.07. The first-order valence-corrected chi connectivity index (χ1v) is 11.2. The summed E-state index contributed by atoms with van der Waals surface area (Å²) < 4.78 is 34.6. The Morgan fingerprint density at radius 2 is 1.76 bits per heavy atom. The summed E-state index contributed by atoms with van der Waals surface area (Å²) in [5.74, 6) is 1.25. The van der Waals surface area contributed by atoms with Crippen LogP contribution in [0.5, 0.6) is 5.75 Å². The Morgan fingerprint density at radius 3 is 2.40 bits per heavy atom. The lowest BCUT2D eigenvalue weighted by atomic mass is 10.1. The van der Waals surface area contributed by atoms with Gasteiger partial charge in [0, 0.05) is 6.42 Å². The summed E-state index contributed by atoms with van der Waals surface area (Å²) in [6.45, 7) is 5.01. The highest BCUT2D eigenvalue weighted by Crippen LogP contribution is 2.19. The van der Waals surface area contributed by atoms with Crippen molar-refractivity contribution in [1.29, 1.82) is 0 Å². The van der Waals surface area contributed by atoms with Crippen LogP contribution in [0.2, 0.25) is 0 Å². The highest BCUT2D eigenvalue weighted by atomic mass is 32.2. The number of hydrogen-bond acceptors (Lipinski definition) is 4. The van der Waals surface area contributed by atoms with Gasteiger partial charge in [-0.15, -0.1) is 0 Å². The van der Waals surface area contributed by atoms with Crippen molar-refractivity contribution < 1.29 is 17.9 Å². The molecule has 1 aliphatic heterocycles. The Balaban J connectivity index is 1.56. The van der Waals surface area contributed by atoms with E-state index in [4.69, 9.17) is 9.47 Å². The van der Waals surface area contributed by atoms with E-state index in [1.807, 2.05) is 12.1 Å². The van der Waals surface area contributed by atoms with Gasteiger partial charge in [-0.05, 0) is 50.8 Å². The first kappa shape index (κ1) is 20.2. The number of benzene rings is 1. The second kappa shape index (κ2) is 10.2. The highest BCUT2D eigenvalue weighted by Gasteiger charge is 2.17. The summed E-state index contributed by atoms with van der Waals surface area (Å²) in [6, 6.07) is 8.37. The molecule has 0 amide bonds. The van der Waals surface area contributed by atoms with E-state index in [9.17, 15) is 8.42 Å². The van der Waals surface area contributed by atoms with Crippen molar-refractivity contribution in [3.05, 3.63) is 29.8 Å². The van der Waals surface area contributed by atoms with Crippen molar-refractivity contribution in [2.75, 3.05) is 19.0 Å². The van der Waals surface area contributed by atoms with Crippen molar-refractivity contribution in [1.82, 2.24) is 0 Å². The lowest BCUT2D eigenvalue weighted by molar-refractivity contribution is 0.141. The van der Waals surface area contributed by atoms with E-state index < -0.39 is 9.84 Å². The van der Waals surface area contributed by atoms with Crippen molar-refractivity contribution in [2.45, 2.75) is 70.1 Å². The Morgan fingerprint density at radius 1 is 1.08 bits per heavy atom. The Labute approximate surface area is 152 Å². The monoisotopic (exact) mass is 368 g/mol. The van der Waals surface area contributed by atoms with Crippen molar-refractivity contribution in [3.63, 3.8) is 0 Å². The molecule has 2 rings (SSSR count). The summed E-state index contributed by atoms with van der Waals surface area (Å²) in [5.41, 5.74) is 1.33. The van der Waals surface area contributed by atoms with E-state index in [2.05, 4.69) is 12.1 Å². The third kappa shape index (κ3) is 7.37. The molecule has 0 bridgehead atoms. The summed E-state index contributed by atoms with van der Waals surface area (Å²) in [6.07, 6.45) is 7.44. The fourth-order valence-corrected chi connectivity index (χ4v) is 4.01. The zero-order valence-electron chi connectivity index (χ0n) is 15.6. The quantitative estimate of drug-likeness (QED) is 0.550. The average Bonchev–Trinajstić information content (AvgIpc) is 3.08. The molecule has 25 heavy (non-hydrogen) atoms. The van der Waals surface area contributed by atoms with Gasteiger partial charge in [-0.1, -0.05) is 31.4 Å². The smallest absolute Gasteiger partial charge is 0.152 e. The third-order valence-corrected chi connectivity index (χ3v) is 7.02. The first-order valence-electron chi connectivity index (χ1n) is 9.52. The molecular weight excluding hydrogens is 336 g/mol. The van der Waals surface area contributed by atoms with E-state index in [-0.39, 0.29) is 11.4 Å². The minimum atomic E-state index is -2.87. The van der Waals surface area contributed by atoms with Crippen LogP contribution in [0.1, 0.15) is 57.9 Å². The predicted octanol–water partition coefficient (Wildman–Crippen LogP) is 4.17. The summed E-state index contributed by atoms with van der Waals surface area (Å²) in [4.78, 5) is 0. The molecule has 1 unspecified atom stereocenters. The van der Waals surface area contributed by atoms with Gasteiger partial charge in [0.1, 0.15) is 11.9 Å². The average molecular weight is 369 g/mol. The zero-order chi connectivity index (χ0) is 18.1. The van der Waals surface area contributed by atoms with Crippen LogP contribution in [0.15, 0.2) is 24.3 Å². The van der Waals surface area contributed by atoms with Gasteiger partial charge in [-0.25, -0.2) is 8.42 Å². The number of sulfone groups is 1. The molecule has 1 aromatic carbocycles. The van der Waals surface area contributed by atoms with Crippen LogP contribution in [0.25, 0.3) is 0 Å². The van der Waals surface area contributed by atoms with Crippen LogP contribution in [-0.4, -0.2) is 38.7 Å². The fraction of sp³-hybridized carbons (Fsp3) is 0.700. The molecule has 0 aliphatic carbocycles. The maximum absolute atomic E-state index is 11.7. The molecule has 1 saturated heterocycles. The number of hydrogen-bond donors (Lipinski definition) is 0. The summed E-state index contributed by atoms with van der Waals surface area (Å²) in [7, 11) is -2.87. The SMILES string of the molecule is CC(C)S(=O)(=O)CCCCCCCc1ccc(OC2CCOC2)cc1. The molecule has 1 aliphatic rings. The summed E-state index contributed by atoms with van der Waals surface area (Å²) in [5, 5.41) is -0.249. The van der Waals surface area contributed by atoms with E-state index >= 15 is 0 Å². The van der Waals surface area contributed by atoms with Crippen LogP contribution in [-0.2, 0) is 21.0 Å². The maximum atomic E-state index is 11.7. The molecule has 1 fully saturated rings. The second-order valence-corrected chi connectivity index (χ2v) is 9.86. The van der Waals surface area contributed by atoms with Gasteiger partial charge < -0.3 is 9.47 Å². The van der Waals surface area contributed by atoms with Gasteiger partial charge in [0.15, 0.2) is 9.84 Å². The number of ether oxygens (including phenoxy) is 2. The number of aryl methyl sites for hydroxylation is 1. The number of rotatable bonds is 11. The highest BCUT2D eigenvalue weighted by molar-refractivity contribution is 7.91. The molecule has 0 N–H and O–H groups in total. The number of unbranched alkanes of at least 4 members (excludes halogenated alkanes) is 4. The van der Waals surface area contributed by atoms with Crippen molar-refractivity contribution >= 4 is 9.84 Å². The molecule has 142 valence electrons. The first-order chi connectivity index (χ1) is 12.0. The predicted molar refractivity (Wildman–Crippen MR) is 102 cm³/mol. The minimum Gasteiger partial charge on any atom is -0.488 e. The standard InChI is InChI=1S/C20H32O4S/c1-17(2)25(21,22)15-7-5-3-4-6-8-18-9-11-19(12-10-18)24-20-13-14-23-16-20/h9-12,17,20H,3-8,13-16H2,1-2H3. The molecular formula is C20H32O4S. The van der Waals surface area contributed by atoms with Crippen molar-refractivity contribution in [2.24, 2.45) is 0 Å². The van der Waals surface area contributed by atoms with Gasteiger partial charge in [-0.2, -0.15) is 0 Å². The van der Waals surface area contributed by atoms with Gasteiger partial charge in [-0.3, -0.25) is 0 Å². The maximum Gasteiger partial charge on any atom is 0.152 e. The topological polar surface area (TPSA) is 52.6 Å². The zero-order valence-corrected chi connectivity index (χ0v) is 16.4. The molecule has 1 aromatic rings. The van der Waals surface area contributed by atoms with Gasteiger partial charge in [0.2, 0.25) is 0 Å². The van der Waals surface area contributed by atoms with E-state index in [0.717, 1.165) is 57.3 Å². The van der Waals surface area contributed by atoms with Crippen LogP contribution in [0, 0.1) is 0 Å². The third-order valence-electron chi connectivity index (χ3n) is 4.73. The molecule has 1 atom stereocenters. The normalized spacial score (nSPS) is 18.0. The second-order valence-electron chi connectivity index (χ2n) is 7.18. The van der Waals surface area contributed by atoms with Crippen LogP contribution in [0.4, 0.5) is 0 Å². The van der Waals surface area contributed by atoms with Crippen LogP contribution in [0.3, 0.4) is 0 Å². The fourth-order valence-electron chi connectivity index (χ4n) is 2.93. The van der Waals surface area contributed by atoms with E-state index in [1.54, 1.807) is 13.8 Å². The van der Waals surface area contributed by atoms with Gasteiger partial charge in [0.05, 0.1) is 24.2 Å². The largest absolute Gasteiger partial charge is 0.488 e. The molecule has 0 aromatic heterocycles. The van der Waals surface area contributed by atoms with E-state index in [1.165, 1.54) is 5.56 Å². The molecule has 5 heteroatoms.